The summed E-state index contributed by atoms with van der Waals surface area (Å²) in [6.45, 7) is 4.27. The lowest BCUT2D eigenvalue weighted by molar-refractivity contribution is -0.136. The van der Waals surface area contributed by atoms with Gasteiger partial charge in [-0.15, -0.1) is 0 Å². The van der Waals surface area contributed by atoms with E-state index in [0.29, 0.717) is 12.3 Å². The van der Waals surface area contributed by atoms with E-state index in [0.717, 1.165) is 11.3 Å². The Balaban J connectivity index is 2.90. The van der Waals surface area contributed by atoms with Crippen molar-refractivity contribution in [1.82, 2.24) is 0 Å². The number of hydrogen-bond acceptors (Lipinski definition) is 2. The van der Waals surface area contributed by atoms with E-state index in [4.69, 9.17) is 9.84 Å². The third-order valence-electron chi connectivity index (χ3n) is 2.81. The molecule has 3 nitrogen and oxygen atoms in total. The molecular weight excluding hydrogens is 296 g/mol. The molecule has 1 aromatic carbocycles. The van der Waals surface area contributed by atoms with Crippen molar-refractivity contribution < 1.29 is 14.6 Å². The molecule has 1 unspecified atom stereocenters. The molecule has 0 aromatic heterocycles. The van der Waals surface area contributed by atoms with Gasteiger partial charge in [0.25, 0.3) is 0 Å². The molecule has 1 aromatic rings. The summed E-state index contributed by atoms with van der Waals surface area (Å²) in [5, 5.41) is 8.77. The Morgan fingerprint density at radius 2 is 2.11 bits per heavy atom. The predicted octanol–water partition coefficient (Wildman–Crippen LogP) is 3.60. The molecule has 1 atom stereocenters. The molecule has 0 bridgehead atoms. The molecule has 0 spiro atoms. The molecule has 0 heterocycles. The maximum atomic E-state index is 10.7. The highest BCUT2D eigenvalue weighted by Crippen LogP contribution is 2.27. The number of alkyl halides is 1. The van der Waals surface area contributed by atoms with E-state index in [1.54, 1.807) is 7.11 Å². The molecule has 100 valence electrons. The smallest absolute Gasteiger partial charge is 0.304 e. The third kappa shape index (κ3) is 4.33. The number of ether oxygens (including phenoxy) is 1. The summed E-state index contributed by atoms with van der Waals surface area (Å²) in [5.41, 5.74) is 2.28. The van der Waals surface area contributed by atoms with Gasteiger partial charge in [-0.25, -0.2) is 0 Å². The number of benzene rings is 1. The summed E-state index contributed by atoms with van der Waals surface area (Å²) in [6.07, 6.45) is 0.755. The zero-order valence-corrected chi connectivity index (χ0v) is 12.5. The number of halogens is 1. The highest BCUT2D eigenvalue weighted by atomic mass is 79.9. The standard InChI is InChI=1S/C14H19BrO3/c1-9(2)10-4-5-13(18-3)11(6-10)7-12(15)8-14(16)17/h4-6,9,12H,7-8H2,1-3H3,(H,16,17). The summed E-state index contributed by atoms with van der Waals surface area (Å²) in [5.74, 6) is 0.466. The Bertz CT molecular complexity index is 416. The van der Waals surface area contributed by atoms with Crippen molar-refractivity contribution >= 4 is 21.9 Å². The van der Waals surface area contributed by atoms with Crippen LogP contribution in [-0.2, 0) is 11.2 Å². The van der Waals surface area contributed by atoms with E-state index in [1.165, 1.54) is 5.56 Å². The van der Waals surface area contributed by atoms with Gasteiger partial charge in [0, 0.05) is 4.83 Å². The van der Waals surface area contributed by atoms with Crippen LogP contribution in [0.15, 0.2) is 18.2 Å². The average Bonchev–Trinajstić information content (AvgIpc) is 2.27. The fraction of sp³-hybridized carbons (Fsp3) is 0.500. The Hall–Kier alpha value is -1.03. The van der Waals surface area contributed by atoms with Crippen LogP contribution in [0.4, 0.5) is 0 Å². The van der Waals surface area contributed by atoms with Crippen LogP contribution in [0.3, 0.4) is 0 Å². The van der Waals surface area contributed by atoms with Crippen LogP contribution in [0, 0.1) is 0 Å². The molecule has 0 aliphatic heterocycles. The molecule has 0 amide bonds. The fourth-order valence-corrected chi connectivity index (χ4v) is 2.44. The minimum absolute atomic E-state index is 0.0775. The van der Waals surface area contributed by atoms with E-state index >= 15 is 0 Å². The van der Waals surface area contributed by atoms with Crippen molar-refractivity contribution in [2.24, 2.45) is 0 Å². The highest BCUT2D eigenvalue weighted by molar-refractivity contribution is 9.09. The second-order valence-electron chi connectivity index (χ2n) is 4.63. The summed E-state index contributed by atoms with van der Waals surface area (Å²) < 4.78 is 5.32. The van der Waals surface area contributed by atoms with Crippen LogP contribution in [0.1, 0.15) is 37.3 Å². The normalized spacial score (nSPS) is 12.5. The fourth-order valence-electron chi connectivity index (χ4n) is 1.82. The largest absolute Gasteiger partial charge is 0.496 e. The summed E-state index contributed by atoms with van der Waals surface area (Å²) in [4.78, 5) is 10.6. The summed E-state index contributed by atoms with van der Waals surface area (Å²) in [7, 11) is 1.63. The van der Waals surface area contributed by atoms with Gasteiger partial charge in [0.1, 0.15) is 5.75 Å². The van der Waals surface area contributed by atoms with E-state index < -0.39 is 5.97 Å². The van der Waals surface area contributed by atoms with Gasteiger partial charge in [0.15, 0.2) is 0 Å². The van der Waals surface area contributed by atoms with Gasteiger partial charge in [-0.05, 0) is 29.5 Å². The van der Waals surface area contributed by atoms with Crippen LogP contribution in [0.2, 0.25) is 0 Å². The van der Waals surface area contributed by atoms with Crippen LogP contribution >= 0.6 is 15.9 Å². The quantitative estimate of drug-likeness (QED) is 0.816. The van der Waals surface area contributed by atoms with Gasteiger partial charge in [-0.1, -0.05) is 41.9 Å². The lowest BCUT2D eigenvalue weighted by Crippen LogP contribution is -2.10. The number of hydrogen-bond donors (Lipinski definition) is 1. The zero-order chi connectivity index (χ0) is 13.7. The number of carbonyl (C=O) groups is 1. The Morgan fingerprint density at radius 1 is 1.44 bits per heavy atom. The lowest BCUT2D eigenvalue weighted by atomic mass is 9.98. The van der Waals surface area contributed by atoms with Gasteiger partial charge < -0.3 is 9.84 Å². The maximum Gasteiger partial charge on any atom is 0.304 e. The lowest BCUT2D eigenvalue weighted by Gasteiger charge is -2.14. The first kappa shape index (κ1) is 15.0. The topological polar surface area (TPSA) is 46.5 Å². The Morgan fingerprint density at radius 3 is 2.61 bits per heavy atom. The summed E-state index contributed by atoms with van der Waals surface area (Å²) in [6, 6.07) is 6.10. The van der Waals surface area contributed by atoms with Crippen molar-refractivity contribution in [2.75, 3.05) is 7.11 Å². The average molecular weight is 315 g/mol. The molecule has 0 fully saturated rings. The first-order valence-corrected chi connectivity index (χ1v) is 6.88. The van der Waals surface area contributed by atoms with Gasteiger partial charge in [-0.3, -0.25) is 4.79 Å². The van der Waals surface area contributed by atoms with Gasteiger partial charge in [-0.2, -0.15) is 0 Å². The zero-order valence-electron chi connectivity index (χ0n) is 10.9. The van der Waals surface area contributed by atoms with Crippen LogP contribution < -0.4 is 4.74 Å². The van der Waals surface area contributed by atoms with E-state index in [2.05, 4.69) is 35.8 Å². The Kier molecular flexibility index (Phi) is 5.66. The molecule has 0 aliphatic rings. The highest BCUT2D eigenvalue weighted by Gasteiger charge is 2.14. The molecule has 0 saturated carbocycles. The van der Waals surface area contributed by atoms with Gasteiger partial charge in [0.2, 0.25) is 0 Å². The number of methoxy groups -OCH3 is 1. The van der Waals surface area contributed by atoms with Crippen molar-refractivity contribution in [3.8, 4) is 5.75 Å². The molecule has 1 N–H and O–H groups in total. The van der Waals surface area contributed by atoms with Crippen molar-refractivity contribution in [2.45, 2.75) is 37.4 Å². The van der Waals surface area contributed by atoms with Crippen LogP contribution in [0.25, 0.3) is 0 Å². The van der Waals surface area contributed by atoms with Crippen LogP contribution in [0.5, 0.6) is 5.75 Å². The van der Waals surface area contributed by atoms with Gasteiger partial charge in [0.05, 0.1) is 13.5 Å². The second-order valence-corrected chi connectivity index (χ2v) is 5.92. The predicted molar refractivity (Wildman–Crippen MR) is 75.8 cm³/mol. The third-order valence-corrected chi connectivity index (χ3v) is 3.46. The molecule has 18 heavy (non-hydrogen) atoms. The minimum Gasteiger partial charge on any atom is -0.496 e. The van der Waals surface area contributed by atoms with Gasteiger partial charge >= 0.3 is 5.97 Å². The van der Waals surface area contributed by atoms with Crippen molar-refractivity contribution in [1.29, 1.82) is 0 Å². The molecule has 0 aliphatic carbocycles. The minimum atomic E-state index is -0.796. The van der Waals surface area contributed by atoms with E-state index in [1.807, 2.05) is 12.1 Å². The maximum absolute atomic E-state index is 10.7. The Labute approximate surface area is 116 Å². The SMILES string of the molecule is COc1ccc(C(C)C)cc1CC(Br)CC(=O)O. The number of aliphatic carboxylic acids is 1. The van der Waals surface area contributed by atoms with E-state index in [-0.39, 0.29) is 11.2 Å². The number of carboxylic acids is 1. The summed E-state index contributed by atoms with van der Waals surface area (Å²) >= 11 is 3.40. The monoisotopic (exact) mass is 314 g/mol. The number of rotatable bonds is 6. The first-order valence-electron chi connectivity index (χ1n) is 5.96. The molecular formula is C14H19BrO3. The van der Waals surface area contributed by atoms with E-state index in [9.17, 15) is 4.79 Å². The number of carboxylic acid groups (broad SMARTS) is 1. The second kappa shape index (κ2) is 6.78. The molecule has 1 rings (SSSR count). The molecule has 4 heteroatoms. The first-order chi connectivity index (χ1) is 8.43. The molecule has 0 radical (unpaired) electrons. The molecule has 0 saturated heterocycles. The van der Waals surface area contributed by atoms with Crippen molar-refractivity contribution in [3.05, 3.63) is 29.3 Å². The van der Waals surface area contributed by atoms with Crippen molar-refractivity contribution in [3.63, 3.8) is 0 Å². The van der Waals surface area contributed by atoms with Crippen LogP contribution in [-0.4, -0.2) is 23.0 Å².